The van der Waals surface area contributed by atoms with E-state index in [4.69, 9.17) is 9.84 Å². The van der Waals surface area contributed by atoms with Gasteiger partial charge in [-0.1, -0.05) is 6.07 Å². The second kappa shape index (κ2) is 7.26. The number of fused-ring (bicyclic) bond motifs is 1. The van der Waals surface area contributed by atoms with Gasteiger partial charge in [0.2, 0.25) is 0 Å². The third kappa shape index (κ3) is 4.55. The number of nitrogens with zero attached hydrogens (tertiary/aromatic N) is 1. The molecule has 0 spiro atoms. The summed E-state index contributed by atoms with van der Waals surface area (Å²) >= 11 is 0. The predicted octanol–water partition coefficient (Wildman–Crippen LogP) is 2.82. The highest BCUT2D eigenvalue weighted by atomic mass is 19.4. The zero-order valence-electron chi connectivity index (χ0n) is 13.9. The number of amides is 1. The summed E-state index contributed by atoms with van der Waals surface area (Å²) in [5.74, 6) is -1.91. The minimum Gasteiger partial charge on any atom is -0.493 e. The summed E-state index contributed by atoms with van der Waals surface area (Å²) in [6, 6.07) is 4.86. The normalized spacial score (nSPS) is 14.2. The Balaban J connectivity index is 1.80. The van der Waals surface area contributed by atoms with Crippen molar-refractivity contribution in [2.75, 3.05) is 6.61 Å². The van der Waals surface area contributed by atoms with Crippen molar-refractivity contribution in [3.63, 3.8) is 0 Å². The largest absolute Gasteiger partial charge is 0.493 e. The second-order valence-corrected chi connectivity index (χ2v) is 6.07. The van der Waals surface area contributed by atoms with Gasteiger partial charge in [0.15, 0.2) is 0 Å². The summed E-state index contributed by atoms with van der Waals surface area (Å²) in [6.07, 6.45) is -2.94. The Kier molecular flexibility index (Phi) is 5.02. The highest BCUT2D eigenvalue weighted by molar-refractivity contribution is 5.97. The van der Waals surface area contributed by atoms with Crippen molar-refractivity contribution in [3.05, 3.63) is 47.8 Å². The van der Waals surface area contributed by atoms with E-state index in [0.717, 1.165) is 23.3 Å². The van der Waals surface area contributed by atoms with Gasteiger partial charge in [-0.15, -0.1) is 0 Å². The summed E-state index contributed by atoms with van der Waals surface area (Å²) < 4.78 is 42.9. The van der Waals surface area contributed by atoms with Crippen molar-refractivity contribution in [2.24, 2.45) is 0 Å². The van der Waals surface area contributed by atoms with E-state index in [1.54, 1.807) is 12.1 Å². The number of nitrogens with one attached hydrogen (secondary N) is 1. The van der Waals surface area contributed by atoms with Gasteiger partial charge >= 0.3 is 12.1 Å². The Hall–Kier alpha value is -3.10. The van der Waals surface area contributed by atoms with E-state index in [-0.39, 0.29) is 5.56 Å². The number of pyridine rings is 1. The Morgan fingerprint density at radius 2 is 2.00 bits per heavy atom. The molecule has 2 N–H and O–H groups in total. The fourth-order valence-electron chi connectivity index (χ4n) is 2.76. The number of aromatic nitrogens is 1. The van der Waals surface area contributed by atoms with Crippen LogP contribution in [0.25, 0.3) is 11.1 Å². The summed E-state index contributed by atoms with van der Waals surface area (Å²) in [7, 11) is 0. The molecule has 1 amide bonds. The number of alkyl halides is 3. The molecule has 0 saturated carbocycles. The summed E-state index contributed by atoms with van der Waals surface area (Å²) in [4.78, 5) is 27.2. The summed E-state index contributed by atoms with van der Waals surface area (Å²) in [5, 5.41) is 10.8. The molecule has 0 bridgehead atoms. The lowest BCUT2D eigenvalue weighted by atomic mass is 10.0. The topological polar surface area (TPSA) is 88.5 Å². The molecule has 1 unspecified atom stereocenters. The van der Waals surface area contributed by atoms with E-state index < -0.39 is 30.5 Å². The Morgan fingerprint density at radius 1 is 1.22 bits per heavy atom. The fourth-order valence-corrected chi connectivity index (χ4v) is 2.76. The number of hydrogen-bond donors (Lipinski definition) is 2. The summed E-state index contributed by atoms with van der Waals surface area (Å²) in [5.41, 5.74) is 2.34. The number of rotatable bonds is 5. The van der Waals surface area contributed by atoms with Gasteiger partial charge in [0, 0.05) is 24.4 Å². The Bertz CT molecular complexity index is 883. The third-order valence-electron chi connectivity index (χ3n) is 4.06. The molecule has 0 fully saturated rings. The van der Waals surface area contributed by atoms with E-state index >= 15 is 0 Å². The molecule has 1 aliphatic rings. The van der Waals surface area contributed by atoms with Crippen molar-refractivity contribution in [3.8, 4) is 16.9 Å². The van der Waals surface area contributed by atoms with Gasteiger partial charge in [-0.3, -0.25) is 9.78 Å². The van der Waals surface area contributed by atoms with Crippen LogP contribution in [0.5, 0.6) is 5.75 Å². The molecule has 142 valence electrons. The molecule has 0 saturated heterocycles. The molecule has 9 heteroatoms. The van der Waals surface area contributed by atoms with Crippen LogP contribution in [0, 0.1) is 0 Å². The minimum absolute atomic E-state index is 0.0299. The molecule has 1 atom stereocenters. The van der Waals surface area contributed by atoms with Crippen molar-refractivity contribution < 1.29 is 32.6 Å². The van der Waals surface area contributed by atoms with Gasteiger partial charge in [-0.25, -0.2) is 4.79 Å². The molecule has 0 aliphatic carbocycles. The van der Waals surface area contributed by atoms with Gasteiger partial charge < -0.3 is 15.2 Å². The van der Waals surface area contributed by atoms with E-state index in [2.05, 4.69) is 4.98 Å². The fraction of sp³-hybridized carbons (Fsp3) is 0.278. The lowest BCUT2D eigenvalue weighted by Gasteiger charge is -2.16. The Morgan fingerprint density at radius 3 is 2.70 bits per heavy atom. The molecule has 0 radical (unpaired) electrons. The molecule has 3 rings (SSSR count). The van der Waals surface area contributed by atoms with E-state index in [9.17, 15) is 22.8 Å². The number of benzene rings is 1. The SMILES string of the molecule is O=C(NC(CC(F)(F)F)C(=O)O)c1cncc(-c2ccc3c(c2)CCO3)c1. The number of halogens is 3. The number of ether oxygens (including phenoxy) is 1. The summed E-state index contributed by atoms with van der Waals surface area (Å²) in [6.45, 7) is 0.593. The van der Waals surface area contributed by atoms with Crippen LogP contribution in [0.2, 0.25) is 0 Å². The number of hydrogen-bond acceptors (Lipinski definition) is 4. The van der Waals surface area contributed by atoms with Crippen LogP contribution in [-0.2, 0) is 11.2 Å². The number of carboxylic acids is 1. The average molecular weight is 380 g/mol. The van der Waals surface area contributed by atoms with Crippen LogP contribution < -0.4 is 10.1 Å². The van der Waals surface area contributed by atoms with Crippen LogP contribution in [0.3, 0.4) is 0 Å². The quantitative estimate of drug-likeness (QED) is 0.833. The van der Waals surface area contributed by atoms with Gasteiger partial charge in [0.05, 0.1) is 18.6 Å². The number of aliphatic carboxylic acids is 1. The zero-order chi connectivity index (χ0) is 19.6. The maximum Gasteiger partial charge on any atom is 0.391 e. The second-order valence-electron chi connectivity index (χ2n) is 6.07. The molecular formula is C18H15F3N2O4. The number of carbonyl (C=O) groups excluding carboxylic acids is 1. The smallest absolute Gasteiger partial charge is 0.391 e. The Labute approximate surface area is 152 Å². The average Bonchev–Trinajstić information content (AvgIpc) is 3.07. The van der Waals surface area contributed by atoms with Gasteiger partial charge in [0.25, 0.3) is 5.91 Å². The molecule has 2 heterocycles. The zero-order valence-corrected chi connectivity index (χ0v) is 13.9. The molecule has 1 aliphatic heterocycles. The lowest BCUT2D eigenvalue weighted by molar-refractivity contribution is -0.157. The maximum atomic E-state index is 12.5. The van der Waals surface area contributed by atoms with Crippen LogP contribution >= 0.6 is 0 Å². The molecule has 2 aromatic rings. The standard InChI is InChI=1S/C18H15F3N2O4/c19-18(20,21)7-14(17(25)26)23-16(24)13-6-12(8-22-9-13)10-1-2-15-11(5-10)3-4-27-15/h1-2,5-6,8-9,14H,3-4,7H2,(H,23,24)(H,25,26). The van der Waals surface area contributed by atoms with Gasteiger partial charge in [-0.05, 0) is 29.3 Å². The molecule has 1 aromatic heterocycles. The van der Waals surface area contributed by atoms with E-state index in [0.29, 0.717) is 12.2 Å². The van der Waals surface area contributed by atoms with Crippen LogP contribution in [0.1, 0.15) is 22.3 Å². The van der Waals surface area contributed by atoms with Crippen LogP contribution in [-0.4, -0.2) is 40.8 Å². The van der Waals surface area contributed by atoms with Gasteiger partial charge in [-0.2, -0.15) is 13.2 Å². The molecule has 1 aromatic carbocycles. The first-order chi connectivity index (χ1) is 12.7. The van der Waals surface area contributed by atoms with Crippen molar-refractivity contribution in [1.29, 1.82) is 0 Å². The van der Waals surface area contributed by atoms with Crippen molar-refractivity contribution >= 4 is 11.9 Å². The number of carbonyl (C=O) groups is 2. The maximum absolute atomic E-state index is 12.5. The first kappa shape index (κ1) is 18.7. The first-order valence-electron chi connectivity index (χ1n) is 8.04. The molecule has 27 heavy (non-hydrogen) atoms. The monoisotopic (exact) mass is 380 g/mol. The first-order valence-corrected chi connectivity index (χ1v) is 8.04. The van der Waals surface area contributed by atoms with Crippen LogP contribution in [0.4, 0.5) is 13.2 Å². The highest BCUT2D eigenvalue weighted by Gasteiger charge is 2.36. The van der Waals surface area contributed by atoms with E-state index in [1.807, 2.05) is 11.4 Å². The molecule has 6 nitrogen and oxygen atoms in total. The van der Waals surface area contributed by atoms with Crippen LogP contribution in [0.15, 0.2) is 36.7 Å². The lowest BCUT2D eigenvalue weighted by Crippen LogP contribution is -2.43. The minimum atomic E-state index is -4.72. The van der Waals surface area contributed by atoms with Gasteiger partial charge in [0.1, 0.15) is 11.8 Å². The number of carboxylic acid groups (broad SMARTS) is 1. The van der Waals surface area contributed by atoms with Crippen molar-refractivity contribution in [1.82, 2.24) is 10.3 Å². The van der Waals surface area contributed by atoms with E-state index in [1.165, 1.54) is 18.5 Å². The highest BCUT2D eigenvalue weighted by Crippen LogP contribution is 2.30. The molecular weight excluding hydrogens is 365 g/mol. The third-order valence-corrected chi connectivity index (χ3v) is 4.06. The predicted molar refractivity (Wildman–Crippen MR) is 88.4 cm³/mol. The van der Waals surface area contributed by atoms with Crippen molar-refractivity contribution in [2.45, 2.75) is 25.1 Å².